The summed E-state index contributed by atoms with van der Waals surface area (Å²) in [7, 11) is 1.55. The Morgan fingerprint density at radius 2 is 1.83 bits per heavy atom. The number of ether oxygens (including phenoxy) is 1. The SMILES string of the molecule is COc1ccc(-c2cncc(C(=O)N/N=C/c3ccccc3C(F)(F)F)n2)cc1. The molecule has 3 rings (SSSR count). The maximum absolute atomic E-state index is 13.0. The summed E-state index contributed by atoms with van der Waals surface area (Å²) >= 11 is 0. The number of hydrogen-bond donors (Lipinski definition) is 1. The molecule has 0 aliphatic carbocycles. The summed E-state index contributed by atoms with van der Waals surface area (Å²) in [6.45, 7) is 0. The van der Waals surface area contributed by atoms with Gasteiger partial charge in [-0.2, -0.15) is 18.3 Å². The first-order chi connectivity index (χ1) is 13.9. The van der Waals surface area contributed by atoms with Gasteiger partial charge >= 0.3 is 6.18 Å². The molecule has 1 amide bonds. The molecule has 0 spiro atoms. The average molecular weight is 400 g/mol. The number of benzene rings is 2. The van der Waals surface area contributed by atoms with E-state index in [4.69, 9.17) is 4.74 Å². The summed E-state index contributed by atoms with van der Waals surface area (Å²) in [5.74, 6) is -0.0299. The fourth-order valence-electron chi connectivity index (χ4n) is 2.46. The van der Waals surface area contributed by atoms with Gasteiger partial charge in [0.25, 0.3) is 5.91 Å². The fourth-order valence-corrected chi connectivity index (χ4v) is 2.46. The third-order valence-electron chi connectivity index (χ3n) is 3.89. The van der Waals surface area contributed by atoms with Crippen LogP contribution in [0.2, 0.25) is 0 Å². The summed E-state index contributed by atoms with van der Waals surface area (Å²) in [5.41, 5.74) is 2.29. The lowest BCUT2D eigenvalue weighted by atomic mass is 10.1. The number of carbonyl (C=O) groups is 1. The van der Waals surface area contributed by atoms with Crippen molar-refractivity contribution in [1.29, 1.82) is 0 Å². The number of rotatable bonds is 5. The molecule has 0 saturated heterocycles. The van der Waals surface area contributed by atoms with Crippen molar-refractivity contribution in [3.8, 4) is 17.0 Å². The maximum Gasteiger partial charge on any atom is 0.417 e. The Kier molecular flexibility index (Phi) is 5.87. The van der Waals surface area contributed by atoms with E-state index in [9.17, 15) is 18.0 Å². The van der Waals surface area contributed by atoms with Crippen LogP contribution in [0.3, 0.4) is 0 Å². The van der Waals surface area contributed by atoms with Gasteiger partial charge in [0.05, 0.1) is 37.0 Å². The summed E-state index contributed by atoms with van der Waals surface area (Å²) in [6, 6.07) is 11.9. The minimum Gasteiger partial charge on any atom is -0.497 e. The molecule has 0 fully saturated rings. The highest BCUT2D eigenvalue weighted by Gasteiger charge is 2.32. The normalized spacial score (nSPS) is 11.4. The van der Waals surface area contributed by atoms with Gasteiger partial charge in [-0.25, -0.2) is 10.4 Å². The minimum absolute atomic E-state index is 0.0282. The van der Waals surface area contributed by atoms with Crippen LogP contribution in [0.15, 0.2) is 66.0 Å². The predicted molar refractivity (Wildman–Crippen MR) is 101 cm³/mol. The lowest BCUT2D eigenvalue weighted by Crippen LogP contribution is -2.20. The second kappa shape index (κ2) is 8.51. The monoisotopic (exact) mass is 400 g/mol. The van der Waals surface area contributed by atoms with Crippen LogP contribution in [0.4, 0.5) is 13.2 Å². The van der Waals surface area contributed by atoms with Crippen molar-refractivity contribution in [1.82, 2.24) is 15.4 Å². The van der Waals surface area contributed by atoms with Crippen LogP contribution in [0.1, 0.15) is 21.6 Å². The smallest absolute Gasteiger partial charge is 0.417 e. The third-order valence-corrected chi connectivity index (χ3v) is 3.89. The number of hydrogen-bond acceptors (Lipinski definition) is 5. The molecule has 1 N–H and O–H groups in total. The van der Waals surface area contributed by atoms with E-state index in [1.807, 2.05) is 0 Å². The van der Waals surface area contributed by atoms with Crippen LogP contribution >= 0.6 is 0 Å². The number of nitrogens with one attached hydrogen (secondary N) is 1. The van der Waals surface area contributed by atoms with Crippen LogP contribution in [0, 0.1) is 0 Å². The van der Waals surface area contributed by atoms with E-state index in [-0.39, 0.29) is 11.3 Å². The summed E-state index contributed by atoms with van der Waals surface area (Å²) < 4.78 is 44.0. The molecule has 2 aromatic carbocycles. The van der Waals surface area contributed by atoms with E-state index in [1.54, 1.807) is 31.4 Å². The molecule has 0 unspecified atom stereocenters. The largest absolute Gasteiger partial charge is 0.497 e. The van der Waals surface area contributed by atoms with E-state index in [0.717, 1.165) is 17.8 Å². The van der Waals surface area contributed by atoms with E-state index < -0.39 is 17.6 Å². The molecule has 6 nitrogen and oxygen atoms in total. The van der Waals surface area contributed by atoms with Gasteiger partial charge in [0.1, 0.15) is 11.4 Å². The Morgan fingerprint density at radius 3 is 2.52 bits per heavy atom. The van der Waals surface area contributed by atoms with E-state index in [0.29, 0.717) is 11.4 Å². The Morgan fingerprint density at radius 1 is 1.10 bits per heavy atom. The first kappa shape index (κ1) is 20.0. The lowest BCUT2D eigenvalue weighted by molar-refractivity contribution is -0.137. The molecule has 29 heavy (non-hydrogen) atoms. The zero-order valence-corrected chi connectivity index (χ0v) is 15.1. The summed E-state index contributed by atoms with van der Waals surface area (Å²) in [6.07, 6.45) is -0.866. The standard InChI is InChI=1S/C20H15F3N4O2/c1-29-15-8-6-13(7-9-15)17-11-24-12-18(26-17)19(28)27-25-10-14-4-2-3-5-16(14)20(21,22)23/h2-12H,1H3,(H,27,28)/b25-10+. The van der Waals surface area contributed by atoms with Crippen molar-refractivity contribution in [2.24, 2.45) is 5.10 Å². The topological polar surface area (TPSA) is 76.5 Å². The quantitative estimate of drug-likeness (QED) is 0.520. The molecule has 0 saturated carbocycles. The highest BCUT2D eigenvalue weighted by atomic mass is 19.4. The molecule has 0 atom stereocenters. The third kappa shape index (κ3) is 4.95. The number of amides is 1. The van der Waals surface area contributed by atoms with Crippen molar-refractivity contribution >= 4 is 12.1 Å². The molecule has 0 aliphatic rings. The van der Waals surface area contributed by atoms with Crippen LogP contribution < -0.4 is 10.2 Å². The average Bonchev–Trinajstić information content (AvgIpc) is 2.73. The van der Waals surface area contributed by atoms with Crippen LogP contribution in [0.5, 0.6) is 5.75 Å². The van der Waals surface area contributed by atoms with Crippen molar-refractivity contribution in [3.63, 3.8) is 0 Å². The molecule has 148 valence electrons. The van der Waals surface area contributed by atoms with Crippen molar-refractivity contribution in [2.45, 2.75) is 6.18 Å². The van der Waals surface area contributed by atoms with Crippen molar-refractivity contribution in [2.75, 3.05) is 7.11 Å². The number of alkyl halides is 3. The van der Waals surface area contributed by atoms with Gasteiger partial charge in [-0.1, -0.05) is 18.2 Å². The molecule has 0 aliphatic heterocycles. The van der Waals surface area contributed by atoms with Crippen molar-refractivity contribution < 1.29 is 22.7 Å². The van der Waals surface area contributed by atoms with Gasteiger partial charge in [0, 0.05) is 11.1 Å². The van der Waals surface area contributed by atoms with E-state index in [1.165, 1.54) is 30.6 Å². The maximum atomic E-state index is 13.0. The zero-order chi connectivity index (χ0) is 20.9. The molecule has 9 heteroatoms. The van der Waals surface area contributed by atoms with Gasteiger partial charge in [0.2, 0.25) is 0 Å². The number of halogens is 3. The van der Waals surface area contributed by atoms with Gasteiger partial charge in [-0.15, -0.1) is 0 Å². The first-order valence-electron chi connectivity index (χ1n) is 8.34. The molecular formula is C20H15F3N4O2. The highest BCUT2D eigenvalue weighted by Crippen LogP contribution is 2.31. The molecular weight excluding hydrogens is 385 g/mol. The molecule has 0 bridgehead atoms. The minimum atomic E-state index is -4.52. The predicted octanol–water partition coefficient (Wildman–Crippen LogP) is 3.93. The Bertz CT molecular complexity index is 1030. The Labute approximate surface area is 164 Å². The molecule has 1 heterocycles. The number of carbonyl (C=O) groups excluding carboxylic acids is 1. The van der Waals surface area contributed by atoms with Gasteiger partial charge in [-0.3, -0.25) is 9.78 Å². The fraction of sp³-hybridized carbons (Fsp3) is 0.100. The number of hydrazone groups is 1. The van der Waals surface area contributed by atoms with Crippen LogP contribution in [-0.4, -0.2) is 29.2 Å². The molecule has 1 aromatic heterocycles. The number of aromatic nitrogens is 2. The Balaban J connectivity index is 1.74. The van der Waals surface area contributed by atoms with Gasteiger partial charge < -0.3 is 4.74 Å². The first-order valence-corrected chi connectivity index (χ1v) is 8.34. The molecule has 0 radical (unpaired) electrons. The van der Waals surface area contributed by atoms with Gasteiger partial charge in [-0.05, 0) is 30.3 Å². The number of methoxy groups -OCH3 is 1. The van der Waals surface area contributed by atoms with E-state index in [2.05, 4.69) is 20.5 Å². The highest BCUT2D eigenvalue weighted by molar-refractivity contribution is 5.93. The summed E-state index contributed by atoms with van der Waals surface area (Å²) in [5, 5.41) is 3.61. The molecule has 3 aromatic rings. The van der Waals surface area contributed by atoms with E-state index >= 15 is 0 Å². The zero-order valence-electron chi connectivity index (χ0n) is 15.1. The van der Waals surface area contributed by atoms with Crippen LogP contribution in [0.25, 0.3) is 11.3 Å². The van der Waals surface area contributed by atoms with Gasteiger partial charge in [0.15, 0.2) is 0 Å². The van der Waals surface area contributed by atoms with Crippen LogP contribution in [-0.2, 0) is 6.18 Å². The van der Waals surface area contributed by atoms with Crippen molar-refractivity contribution in [3.05, 3.63) is 77.7 Å². The summed E-state index contributed by atoms with van der Waals surface area (Å²) in [4.78, 5) is 20.4. The Hall–Kier alpha value is -3.75. The second-order valence-electron chi connectivity index (χ2n) is 5.80. The number of nitrogens with zero attached hydrogens (tertiary/aromatic N) is 3. The lowest BCUT2D eigenvalue weighted by Gasteiger charge is -2.09. The second-order valence-corrected chi connectivity index (χ2v) is 5.80.